The van der Waals surface area contributed by atoms with Gasteiger partial charge in [-0.3, -0.25) is 9.80 Å². The maximum atomic E-state index is 14.1. The SMILES string of the molecule is CN(C)C1(c2cccc(F)c2)CCC2(CC1)CN(c1cnc(C(F)(F)F)nc1)C(=O)N2CC1CC1. The molecule has 35 heavy (non-hydrogen) atoms. The van der Waals surface area contributed by atoms with Gasteiger partial charge in [-0.25, -0.2) is 19.2 Å². The molecule has 2 aromatic rings. The summed E-state index contributed by atoms with van der Waals surface area (Å²) in [5.74, 6) is -1.03. The number of anilines is 1. The highest BCUT2D eigenvalue weighted by Gasteiger charge is 2.55. The van der Waals surface area contributed by atoms with E-state index in [1.54, 1.807) is 12.1 Å². The first-order valence-electron chi connectivity index (χ1n) is 12.0. The van der Waals surface area contributed by atoms with E-state index in [9.17, 15) is 22.4 Å². The Bertz CT molecular complexity index is 1090. The van der Waals surface area contributed by atoms with E-state index < -0.39 is 17.5 Å². The lowest BCUT2D eigenvalue weighted by Crippen LogP contribution is -2.55. The number of hydrogen-bond donors (Lipinski definition) is 0. The molecule has 0 atom stereocenters. The fourth-order valence-electron chi connectivity index (χ4n) is 5.76. The van der Waals surface area contributed by atoms with Gasteiger partial charge in [0.15, 0.2) is 0 Å². The Kier molecular flexibility index (Phi) is 5.77. The maximum Gasteiger partial charge on any atom is 0.451 e. The number of nitrogens with zero attached hydrogens (tertiary/aromatic N) is 5. The second kappa shape index (κ2) is 8.43. The average molecular weight is 492 g/mol. The molecule has 0 N–H and O–H groups in total. The minimum absolute atomic E-state index is 0.205. The first-order valence-corrected chi connectivity index (χ1v) is 12.0. The van der Waals surface area contributed by atoms with Crippen LogP contribution in [0.25, 0.3) is 0 Å². The van der Waals surface area contributed by atoms with Gasteiger partial charge in [-0.2, -0.15) is 13.2 Å². The van der Waals surface area contributed by atoms with E-state index in [2.05, 4.69) is 14.9 Å². The van der Waals surface area contributed by atoms with Gasteiger partial charge in [-0.05, 0) is 76.2 Å². The van der Waals surface area contributed by atoms with Crippen molar-refractivity contribution in [1.82, 2.24) is 19.8 Å². The molecule has 0 radical (unpaired) electrons. The number of hydrogen-bond acceptors (Lipinski definition) is 4. The van der Waals surface area contributed by atoms with Gasteiger partial charge in [-0.15, -0.1) is 0 Å². The van der Waals surface area contributed by atoms with Gasteiger partial charge >= 0.3 is 12.2 Å². The summed E-state index contributed by atoms with van der Waals surface area (Å²) < 4.78 is 52.9. The van der Waals surface area contributed by atoms with E-state index in [-0.39, 0.29) is 23.1 Å². The van der Waals surface area contributed by atoms with E-state index in [4.69, 9.17) is 0 Å². The molecule has 2 amide bonds. The first-order chi connectivity index (χ1) is 16.5. The lowest BCUT2D eigenvalue weighted by atomic mass is 9.68. The summed E-state index contributed by atoms with van der Waals surface area (Å²) >= 11 is 0. The maximum absolute atomic E-state index is 14.1. The molecular weight excluding hydrogens is 462 g/mol. The van der Waals surface area contributed by atoms with Gasteiger partial charge in [0.2, 0.25) is 5.82 Å². The van der Waals surface area contributed by atoms with Gasteiger partial charge < -0.3 is 4.90 Å². The monoisotopic (exact) mass is 491 g/mol. The summed E-state index contributed by atoms with van der Waals surface area (Å²) in [5.41, 5.74) is 0.403. The molecule has 3 aliphatic rings. The lowest BCUT2D eigenvalue weighted by molar-refractivity contribution is -0.144. The molecule has 1 spiro atoms. The van der Waals surface area contributed by atoms with Gasteiger partial charge in [0.1, 0.15) is 5.82 Å². The van der Waals surface area contributed by atoms with E-state index in [0.29, 0.717) is 31.8 Å². The highest BCUT2D eigenvalue weighted by molar-refractivity contribution is 5.95. The number of rotatable bonds is 5. The smallest absolute Gasteiger partial charge is 0.317 e. The zero-order valence-corrected chi connectivity index (χ0v) is 19.9. The Hall–Kier alpha value is -2.75. The predicted molar refractivity (Wildman–Crippen MR) is 122 cm³/mol. The van der Waals surface area contributed by atoms with Crippen LogP contribution in [-0.4, -0.2) is 58.5 Å². The molecule has 5 rings (SSSR count). The Morgan fingerprint density at radius 1 is 1.09 bits per heavy atom. The van der Waals surface area contributed by atoms with Crippen LogP contribution in [-0.2, 0) is 11.7 Å². The first kappa shape index (κ1) is 24.0. The van der Waals surface area contributed by atoms with Crippen molar-refractivity contribution in [2.24, 2.45) is 5.92 Å². The van der Waals surface area contributed by atoms with Crippen LogP contribution >= 0.6 is 0 Å². The molecule has 2 aliphatic carbocycles. The summed E-state index contributed by atoms with van der Waals surface area (Å²) in [6, 6.07) is 6.50. The second-order valence-electron chi connectivity index (χ2n) is 10.3. The normalized spacial score (nSPS) is 27.3. The van der Waals surface area contributed by atoms with Gasteiger partial charge in [-0.1, -0.05) is 12.1 Å². The molecule has 1 saturated heterocycles. The highest BCUT2D eigenvalue weighted by Crippen LogP contribution is 2.50. The van der Waals surface area contributed by atoms with Crippen LogP contribution in [0.15, 0.2) is 36.7 Å². The van der Waals surface area contributed by atoms with Crippen LogP contribution in [0.4, 0.5) is 28.0 Å². The average Bonchev–Trinajstić information content (AvgIpc) is 3.60. The standard InChI is InChI=1S/C25H29F4N5O/c1-32(2)24(18-4-3-5-19(26)12-18)10-8-23(9-11-24)16-33(22(35)34(23)15-17-6-7-17)20-13-30-21(31-14-20)25(27,28)29/h3-5,12-14,17H,6-11,15-16H2,1-2H3. The van der Waals surface area contributed by atoms with Crippen molar-refractivity contribution in [2.45, 2.75) is 55.8 Å². The number of urea groups is 1. The van der Waals surface area contributed by atoms with Crippen LogP contribution in [0.5, 0.6) is 0 Å². The summed E-state index contributed by atoms with van der Waals surface area (Å²) in [7, 11) is 3.99. The van der Waals surface area contributed by atoms with Crippen molar-refractivity contribution >= 4 is 11.7 Å². The highest BCUT2D eigenvalue weighted by atomic mass is 19.4. The molecule has 1 aliphatic heterocycles. The molecular formula is C25H29F4N5O. The number of carbonyl (C=O) groups is 1. The van der Waals surface area contributed by atoms with Crippen molar-refractivity contribution in [2.75, 3.05) is 32.1 Å². The summed E-state index contributed by atoms with van der Waals surface area (Å²) in [5, 5.41) is 0. The molecule has 2 heterocycles. The van der Waals surface area contributed by atoms with E-state index in [1.807, 2.05) is 25.1 Å². The molecule has 3 fully saturated rings. The number of carbonyl (C=O) groups excluding carboxylic acids is 1. The topological polar surface area (TPSA) is 52.6 Å². The van der Waals surface area contributed by atoms with Crippen LogP contribution in [0.1, 0.15) is 49.9 Å². The van der Waals surface area contributed by atoms with Crippen LogP contribution in [0.2, 0.25) is 0 Å². The van der Waals surface area contributed by atoms with Crippen molar-refractivity contribution in [3.63, 3.8) is 0 Å². The van der Waals surface area contributed by atoms with Crippen LogP contribution in [0, 0.1) is 11.7 Å². The third-order valence-electron chi connectivity index (χ3n) is 8.05. The fourth-order valence-corrected chi connectivity index (χ4v) is 5.76. The molecule has 10 heteroatoms. The molecule has 0 bridgehead atoms. The third kappa shape index (κ3) is 4.26. The second-order valence-corrected chi connectivity index (χ2v) is 10.3. The number of amides is 2. The van der Waals surface area contributed by atoms with Gasteiger partial charge in [0.05, 0.1) is 30.2 Å². The third-order valence-corrected chi connectivity index (χ3v) is 8.05. The Labute approximate surface area is 201 Å². The van der Waals surface area contributed by atoms with Crippen molar-refractivity contribution in [3.8, 4) is 0 Å². The Morgan fingerprint density at radius 2 is 1.74 bits per heavy atom. The zero-order valence-electron chi connectivity index (χ0n) is 19.9. The summed E-state index contributed by atoms with van der Waals surface area (Å²) in [6.07, 6.45) is 2.56. The Balaban J connectivity index is 1.43. The number of aromatic nitrogens is 2. The van der Waals surface area contributed by atoms with Crippen molar-refractivity contribution in [1.29, 1.82) is 0 Å². The largest absolute Gasteiger partial charge is 0.451 e. The van der Waals surface area contributed by atoms with E-state index in [0.717, 1.165) is 43.6 Å². The number of alkyl halides is 3. The van der Waals surface area contributed by atoms with Gasteiger partial charge in [0.25, 0.3) is 0 Å². The van der Waals surface area contributed by atoms with E-state index in [1.165, 1.54) is 11.0 Å². The number of benzene rings is 1. The minimum atomic E-state index is -4.64. The predicted octanol–water partition coefficient (Wildman–Crippen LogP) is 5.06. The summed E-state index contributed by atoms with van der Waals surface area (Å²) in [6.45, 7) is 1.02. The van der Waals surface area contributed by atoms with E-state index >= 15 is 0 Å². The van der Waals surface area contributed by atoms with Crippen molar-refractivity contribution < 1.29 is 22.4 Å². The summed E-state index contributed by atoms with van der Waals surface area (Å²) in [4.78, 5) is 26.1. The molecule has 188 valence electrons. The quantitative estimate of drug-likeness (QED) is 0.549. The Morgan fingerprint density at radius 3 is 2.29 bits per heavy atom. The van der Waals surface area contributed by atoms with Gasteiger partial charge in [0, 0.05) is 12.1 Å². The lowest BCUT2D eigenvalue weighted by Gasteiger charge is -2.51. The molecule has 6 nitrogen and oxygen atoms in total. The molecule has 0 unspecified atom stereocenters. The minimum Gasteiger partial charge on any atom is -0.317 e. The fraction of sp³-hybridized carbons (Fsp3) is 0.560. The van der Waals surface area contributed by atoms with Crippen LogP contribution < -0.4 is 4.90 Å². The number of halogens is 4. The zero-order chi connectivity index (χ0) is 25.0. The molecule has 1 aromatic heterocycles. The molecule has 2 saturated carbocycles. The van der Waals surface area contributed by atoms with Crippen LogP contribution in [0.3, 0.4) is 0 Å². The van der Waals surface area contributed by atoms with Crippen molar-refractivity contribution in [3.05, 3.63) is 53.9 Å². The molecule has 1 aromatic carbocycles.